The Labute approximate surface area is 130 Å². The maximum atomic E-state index is 10.9. The smallest absolute Gasteiger partial charge is 0.141 e. The van der Waals surface area contributed by atoms with E-state index in [-0.39, 0.29) is 0 Å². The molecule has 0 fully saturated rings. The Kier molecular flexibility index (Phi) is 3.73. The molecule has 112 valence electrons. The summed E-state index contributed by atoms with van der Waals surface area (Å²) in [5.74, 6) is 0.616. The third kappa shape index (κ3) is 2.40. The van der Waals surface area contributed by atoms with Gasteiger partial charge in [-0.2, -0.15) is 0 Å². The molecule has 0 amide bonds. The number of anilines is 1. The third-order valence-electron chi connectivity index (χ3n) is 4.03. The number of benzene rings is 3. The maximum absolute atomic E-state index is 10.9. The highest BCUT2D eigenvalue weighted by Crippen LogP contribution is 2.34. The summed E-state index contributed by atoms with van der Waals surface area (Å²) in [5, 5.41) is 13.0. The van der Waals surface area contributed by atoms with Gasteiger partial charge in [-0.3, -0.25) is 0 Å². The Bertz CT molecular complexity index is 827. The first-order valence-electron chi connectivity index (χ1n) is 7.21. The molecule has 0 saturated heterocycles. The molecule has 3 heteroatoms. The molecule has 0 bridgehead atoms. The summed E-state index contributed by atoms with van der Waals surface area (Å²) in [7, 11) is 1.58. The molecule has 0 heterocycles. The van der Waals surface area contributed by atoms with Crippen molar-refractivity contribution in [1.82, 2.24) is 0 Å². The topological polar surface area (TPSA) is 55.5 Å². The van der Waals surface area contributed by atoms with Crippen LogP contribution in [0.25, 0.3) is 10.8 Å². The predicted octanol–water partition coefficient (Wildman–Crippen LogP) is 3.82. The zero-order chi connectivity index (χ0) is 15.7. The molecule has 1 atom stereocenters. The Hall–Kier alpha value is -2.52. The van der Waals surface area contributed by atoms with Gasteiger partial charge in [-0.25, -0.2) is 0 Å². The molecular formula is C19H19NO2. The van der Waals surface area contributed by atoms with Gasteiger partial charge in [0.15, 0.2) is 0 Å². The SMILES string of the molecule is COc1ccc([C@H](O)c2c(C)ccc3ccccc23)cc1N. The van der Waals surface area contributed by atoms with Crippen LogP contribution in [-0.2, 0) is 0 Å². The minimum Gasteiger partial charge on any atom is -0.495 e. The van der Waals surface area contributed by atoms with Gasteiger partial charge in [-0.1, -0.05) is 42.5 Å². The van der Waals surface area contributed by atoms with E-state index in [1.807, 2.05) is 43.3 Å². The summed E-state index contributed by atoms with van der Waals surface area (Å²) in [6.07, 6.45) is -0.723. The van der Waals surface area contributed by atoms with E-state index in [4.69, 9.17) is 10.5 Å². The minimum absolute atomic E-state index is 0.525. The van der Waals surface area contributed by atoms with Crippen molar-refractivity contribution in [3.8, 4) is 5.75 Å². The van der Waals surface area contributed by atoms with Gasteiger partial charge in [0.1, 0.15) is 11.9 Å². The van der Waals surface area contributed by atoms with Gasteiger partial charge in [0, 0.05) is 0 Å². The van der Waals surface area contributed by atoms with Crippen molar-refractivity contribution in [2.45, 2.75) is 13.0 Å². The van der Waals surface area contributed by atoms with E-state index in [9.17, 15) is 5.11 Å². The van der Waals surface area contributed by atoms with Crippen molar-refractivity contribution in [2.75, 3.05) is 12.8 Å². The second-order valence-electron chi connectivity index (χ2n) is 5.42. The summed E-state index contributed by atoms with van der Waals surface area (Å²) in [6.45, 7) is 2.01. The zero-order valence-corrected chi connectivity index (χ0v) is 12.7. The molecule has 3 N–H and O–H groups in total. The van der Waals surface area contributed by atoms with Gasteiger partial charge in [-0.15, -0.1) is 0 Å². The number of nitrogens with two attached hydrogens (primary N) is 1. The lowest BCUT2D eigenvalue weighted by Gasteiger charge is -2.18. The number of hydrogen-bond donors (Lipinski definition) is 2. The number of ether oxygens (including phenoxy) is 1. The Balaban J connectivity index is 2.14. The van der Waals surface area contributed by atoms with E-state index in [0.29, 0.717) is 11.4 Å². The molecule has 3 nitrogen and oxygen atoms in total. The molecule has 0 saturated carbocycles. The predicted molar refractivity (Wildman–Crippen MR) is 90.2 cm³/mol. The largest absolute Gasteiger partial charge is 0.495 e. The van der Waals surface area contributed by atoms with Crippen molar-refractivity contribution in [2.24, 2.45) is 0 Å². The van der Waals surface area contributed by atoms with Crippen molar-refractivity contribution >= 4 is 16.5 Å². The van der Waals surface area contributed by atoms with Crippen LogP contribution in [0.1, 0.15) is 22.8 Å². The summed E-state index contributed by atoms with van der Waals surface area (Å²) in [5.41, 5.74) is 9.22. The van der Waals surface area contributed by atoms with Crippen molar-refractivity contribution in [1.29, 1.82) is 0 Å². The van der Waals surface area contributed by atoms with Gasteiger partial charge in [0.2, 0.25) is 0 Å². The van der Waals surface area contributed by atoms with Crippen LogP contribution >= 0.6 is 0 Å². The van der Waals surface area contributed by atoms with E-state index in [2.05, 4.69) is 6.07 Å². The monoisotopic (exact) mass is 293 g/mol. The Morgan fingerprint density at radius 3 is 2.55 bits per heavy atom. The van der Waals surface area contributed by atoms with Crippen LogP contribution in [0.15, 0.2) is 54.6 Å². The van der Waals surface area contributed by atoms with Crippen molar-refractivity contribution < 1.29 is 9.84 Å². The van der Waals surface area contributed by atoms with Crippen LogP contribution in [0.3, 0.4) is 0 Å². The summed E-state index contributed by atoms with van der Waals surface area (Å²) < 4.78 is 5.17. The second-order valence-corrected chi connectivity index (χ2v) is 5.42. The summed E-state index contributed by atoms with van der Waals surface area (Å²) in [6, 6.07) is 17.6. The van der Waals surface area contributed by atoms with Crippen LogP contribution in [-0.4, -0.2) is 12.2 Å². The highest BCUT2D eigenvalue weighted by molar-refractivity contribution is 5.87. The highest BCUT2D eigenvalue weighted by atomic mass is 16.5. The third-order valence-corrected chi connectivity index (χ3v) is 4.03. The fourth-order valence-corrected chi connectivity index (χ4v) is 2.86. The highest BCUT2D eigenvalue weighted by Gasteiger charge is 2.17. The number of fused-ring (bicyclic) bond motifs is 1. The number of methoxy groups -OCH3 is 1. The Morgan fingerprint density at radius 2 is 1.82 bits per heavy atom. The summed E-state index contributed by atoms with van der Waals surface area (Å²) >= 11 is 0. The molecule has 0 aromatic heterocycles. The molecule has 0 unspecified atom stereocenters. The molecule has 3 aromatic rings. The van der Waals surface area contributed by atoms with E-state index in [0.717, 1.165) is 27.5 Å². The number of aryl methyl sites for hydroxylation is 1. The van der Waals surface area contributed by atoms with Crippen molar-refractivity contribution in [3.63, 3.8) is 0 Å². The standard InChI is InChI=1S/C19H19NO2/c1-12-7-8-13-5-3-4-6-15(13)18(12)19(21)14-9-10-17(22-2)16(20)11-14/h3-11,19,21H,20H2,1-2H3/t19-/m0/s1. The molecule has 0 radical (unpaired) electrons. The quantitative estimate of drug-likeness (QED) is 0.722. The molecule has 0 aliphatic heterocycles. The molecule has 3 rings (SSSR count). The molecule has 0 aliphatic carbocycles. The lowest BCUT2D eigenvalue weighted by Crippen LogP contribution is -2.04. The fraction of sp³-hybridized carbons (Fsp3) is 0.158. The number of aliphatic hydroxyl groups is 1. The van der Waals surface area contributed by atoms with Crippen LogP contribution in [0.2, 0.25) is 0 Å². The number of aliphatic hydroxyl groups excluding tert-OH is 1. The fourth-order valence-electron chi connectivity index (χ4n) is 2.86. The van der Waals surface area contributed by atoms with Gasteiger partial charge < -0.3 is 15.6 Å². The van der Waals surface area contributed by atoms with E-state index < -0.39 is 6.10 Å². The number of nitrogen functional groups attached to an aromatic ring is 1. The van der Waals surface area contributed by atoms with Crippen LogP contribution in [0, 0.1) is 6.92 Å². The summed E-state index contributed by atoms with van der Waals surface area (Å²) in [4.78, 5) is 0. The van der Waals surface area contributed by atoms with E-state index in [1.54, 1.807) is 19.2 Å². The van der Waals surface area contributed by atoms with Crippen molar-refractivity contribution in [3.05, 3.63) is 71.3 Å². The van der Waals surface area contributed by atoms with Gasteiger partial charge in [0.25, 0.3) is 0 Å². The first-order chi connectivity index (χ1) is 10.6. The first kappa shape index (κ1) is 14.4. The number of rotatable bonds is 3. The minimum atomic E-state index is -0.723. The van der Waals surface area contributed by atoms with Crippen LogP contribution < -0.4 is 10.5 Å². The maximum Gasteiger partial charge on any atom is 0.141 e. The Morgan fingerprint density at radius 1 is 1.05 bits per heavy atom. The second kappa shape index (κ2) is 5.70. The molecule has 0 spiro atoms. The first-order valence-corrected chi connectivity index (χ1v) is 7.21. The molecular weight excluding hydrogens is 274 g/mol. The lowest BCUT2D eigenvalue weighted by atomic mass is 9.92. The number of hydrogen-bond acceptors (Lipinski definition) is 3. The van der Waals surface area contributed by atoms with Gasteiger partial charge in [0.05, 0.1) is 12.8 Å². The van der Waals surface area contributed by atoms with E-state index in [1.165, 1.54) is 0 Å². The molecule has 22 heavy (non-hydrogen) atoms. The molecule has 3 aromatic carbocycles. The average Bonchev–Trinajstić information content (AvgIpc) is 2.54. The van der Waals surface area contributed by atoms with Gasteiger partial charge in [-0.05, 0) is 46.5 Å². The van der Waals surface area contributed by atoms with Gasteiger partial charge >= 0.3 is 0 Å². The zero-order valence-electron chi connectivity index (χ0n) is 12.7. The average molecular weight is 293 g/mol. The molecule has 0 aliphatic rings. The van der Waals surface area contributed by atoms with E-state index >= 15 is 0 Å². The van der Waals surface area contributed by atoms with Crippen LogP contribution in [0.5, 0.6) is 5.75 Å². The normalized spacial score (nSPS) is 12.3. The lowest BCUT2D eigenvalue weighted by molar-refractivity contribution is 0.221. The van der Waals surface area contributed by atoms with Crippen LogP contribution in [0.4, 0.5) is 5.69 Å².